The average molecular weight is 236 g/mol. The molecule has 0 spiro atoms. The summed E-state index contributed by atoms with van der Waals surface area (Å²) in [5.41, 5.74) is 1.07. The van der Waals surface area contributed by atoms with Crippen LogP contribution in [-0.2, 0) is 4.74 Å². The maximum absolute atomic E-state index is 5.40. The first kappa shape index (κ1) is 12.2. The number of pyridine rings is 1. The molecule has 0 aliphatic heterocycles. The van der Waals surface area contributed by atoms with E-state index in [-0.39, 0.29) is 0 Å². The third-order valence-electron chi connectivity index (χ3n) is 3.09. The molecule has 1 saturated carbocycles. The number of anilines is 1. The van der Waals surface area contributed by atoms with E-state index in [0.29, 0.717) is 19.1 Å². The molecule has 1 aliphatic carbocycles. The largest absolute Gasteiger partial charge is 0.475 e. The first-order chi connectivity index (χ1) is 8.38. The van der Waals surface area contributed by atoms with Gasteiger partial charge in [0, 0.05) is 19.7 Å². The number of ether oxygens (including phenoxy) is 2. The van der Waals surface area contributed by atoms with Crippen LogP contribution < -0.4 is 10.1 Å². The van der Waals surface area contributed by atoms with Gasteiger partial charge < -0.3 is 14.8 Å². The molecule has 1 heterocycles. The minimum absolute atomic E-state index is 0.540. The highest BCUT2D eigenvalue weighted by Gasteiger charge is 2.16. The van der Waals surface area contributed by atoms with Gasteiger partial charge in [0.05, 0.1) is 18.5 Å². The molecule has 17 heavy (non-hydrogen) atoms. The number of nitrogens with zero attached hydrogens (tertiary/aromatic N) is 1. The highest BCUT2D eigenvalue weighted by atomic mass is 16.5. The number of methoxy groups -OCH3 is 1. The average Bonchev–Trinajstić information content (AvgIpc) is 2.29. The van der Waals surface area contributed by atoms with Gasteiger partial charge in [-0.25, -0.2) is 4.98 Å². The molecule has 4 heteroatoms. The fourth-order valence-electron chi connectivity index (χ4n) is 1.76. The molecule has 0 amide bonds. The lowest BCUT2D eigenvalue weighted by Gasteiger charge is -2.25. The molecule has 0 unspecified atom stereocenters. The molecule has 4 nitrogen and oxygen atoms in total. The second-order valence-electron chi connectivity index (χ2n) is 4.40. The summed E-state index contributed by atoms with van der Waals surface area (Å²) in [6, 6.07) is 3.90. The summed E-state index contributed by atoms with van der Waals surface area (Å²) in [7, 11) is 1.66. The smallest absolute Gasteiger partial charge is 0.213 e. The Labute approximate surface area is 102 Å². The molecule has 1 aromatic rings. The summed E-state index contributed by atoms with van der Waals surface area (Å²) < 4.78 is 10.3. The van der Waals surface area contributed by atoms with Crippen molar-refractivity contribution in [3.8, 4) is 5.88 Å². The number of rotatable bonds is 7. The maximum atomic E-state index is 5.40. The van der Waals surface area contributed by atoms with E-state index in [1.165, 1.54) is 19.3 Å². The number of hydrogen-bond donors (Lipinski definition) is 1. The van der Waals surface area contributed by atoms with Crippen LogP contribution in [0.15, 0.2) is 18.3 Å². The molecule has 1 fully saturated rings. The second kappa shape index (κ2) is 6.45. The van der Waals surface area contributed by atoms with Gasteiger partial charge in [-0.2, -0.15) is 0 Å². The quantitative estimate of drug-likeness (QED) is 0.738. The Bertz CT molecular complexity index is 323. The van der Waals surface area contributed by atoms with Gasteiger partial charge in [0.25, 0.3) is 0 Å². The first-order valence-electron chi connectivity index (χ1n) is 6.20. The Hall–Kier alpha value is -1.29. The minimum Gasteiger partial charge on any atom is -0.475 e. The fourth-order valence-corrected chi connectivity index (χ4v) is 1.76. The van der Waals surface area contributed by atoms with E-state index < -0.39 is 0 Å². The zero-order valence-corrected chi connectivity index (χ0v) is 10.3. The molecule has 0 saturated heterocycles. The summed E-state index contributed by atoms with van der Waals surface area (Å²) in [5.74, 6) is 1.50. The number of nitrogens with one attached hydrogen (secondary N) is 1. The van der Waals surface area contributed by atoms with E-state index in [4.69, 9.17) is 9.47 Å². The van der Waals surface area contributed by atoms with Crippen LogP contribution in [0.2, 0.25) is 0 Å². The summed E-state index contributed by atoms with van der Waals surface area (Å²) in [4.78, 5) is 4.23. The van der Waals surface area contributed by atoms with E-state index in [9.17, 15) is 0 Å². The molecule has 0 atom stereocenters. The monoisotopic (exact) mass is 236 g/mol. The summed E-state index contributed by atoms with van der Waals surface area (Å²) in [6.45, 7) is 2.19. The predicted molar refractivity (Wildman–Crippen MR) is 67.4 cm³/mol. The maximum Gasteiger partial charge on any atom is 0.213 e. The Balaban J connectivity index is 1.72. The normalized spacial score (nSPS) is 15.4. The lowest BCUT2D eigenvalue weighted by atomic mass is 9.85. The molecule has 0 bridgehead atoms. The number of hydrogen-bond acceptors (Lipinski definition) is 4. The van der Waals surface area contributed by atoms with Crippen LogP contribution in [0, 0.1) is 5.92 Å². The van der Waals surface area contributed by atoms with Gasteiger partial charge in [-0.05, 0) is 24.8 Å². The van der Waals surface area contributed by atoms with Gasteiger partial charge in [0.2, 0.25) is 5.88 Å². The van der Waals surface area contributed by atoms with Crippen molar-refractivity contribution in [3.05, 3.63) is 18.3 Å². The highest BCUT2D eigenvalue weighted by molar-refractivity contribution is 5.42. The van der Waals surface area contributed by atoms with Gasteiger partial charge >= 0.3 is 0 Å². The van der Waals surface area contributed by atoms with Crippen molar-refractivity contribution >= 4 is 5.69 Å². The van der Waals surface area contributed by atoms with Gasteiger partial charge in [-0.15, -0.1) is 0 Å². The van der Waals surface area contributed by atoms with Crippen LogP contribution in [-0.4, -0.2) is 31.9 Å². The van der Waals surface area contributed by atoms with Gasteiger partial charge in [0.15, 0.2) is 0 Å². The van der Waals surface area contributed by atoms with E-state index in [1.54, 1.807) is 7.11 Å². The molecular formula is C13H20N2O2. The van der Waals surface area contributed by atoms with E-state index >= 15 is 0 Å². The second-order valence-corrected chi connectivity index (χ2v) is 4.40. The third-order valence-corrected chi connectivity index (χ3v) is 3.09. The van der Waals surface area contributed by atoms with E-state index in [2.05, 4.69) is 10.3 Å². The first-order valence-corrected chi connectivity index (χ1v) is 6.20. The summed E-state index contributed by atoms with van der Waals surface area (Å²) >= 11 is 0. The molecule has 2 rings (SSSR count). The molecular weight excluding hydrogens is 216 g/mol. The van der Waals surface area contributed by atoms with Gasteiger partial charge in [-0.3, -0.25) is 0 Å². The van der Waals surface area contributed by atoms with Crippen molar-refractivity contribution in [1.29, 1.82) is 0 Å². The van der Waals surface area contributed by atoms with Crippen molar-refractivity contribution in [3.63, 3.8) is 0 Å². The van der Waals surface area contributed by atoms with Crippen molar-refractivity contribution in [2.24, 2.45) is 5.92 Å². The molecule has 0 radical (unpaired) electrons. The zero-order valence-electron chi connectivity index (χ0n) is 10.3. The Morgan fingerprint density at radius 3 is 2.82 bits per heavy atom. The van der Waals surface area contributed by atoms with Crippen LogP contribution in [0.25, 0.3) is 0 Å². The van der Waals surface area contributed by atoms with Crippen LogP contribution in [0.4, 0.5) is 5.69 Å². The van der Waals surface area contributed by atoms with E-state index in [0.717, 1.165) is 18.2 Å². The SMILES string of the molecule is COCCOc1ccc(NCC2CCC2)cn1. The highest BCUT2D eigenvalue weighted by Crippen LogP contribution is 2.26. The lowest BCUT2D eigenvalue weighted by Crippen LogP contribution is -2.20. The molecule has 94 valence electrons. The van der Waals surface area contributed by atoms with Crippen LogP contribution in [0.1, 0.15) is 19.3 Å². The minimum atomic E-state index is 0.540. The van der Waals surface area contributed by atoms with Crippen LogP contribution >= 0.6 is 0 Å². The van der Waals surface area contributed by atoms with Gasteiger partial charge in [0.1, 0.15) is 6.61 Å². The van der Waals surface area contributed by atoms with Crippen LogP contribution in [0.5, 0.6) is 5.88 Å². The zero-order chi connectivity index (χ0) is 11.9. The predicted octanol–water partition coefficient (Wildman–Crippen LogP) is 2.32. The van der Waals surface area contributed by atoms with Crippen molar-refractivity contribution in [1.82, 2.24) is 4.98 Å². The van der Waals surface area contributed by atoms with Crippen molar-refractivity contribution in [2.45, 2.75) is 19.3 Å². The lowest BCUT2D eigenvalue weighted by molar-refractivity contribution is 0.144. The molecule has 1 aromatic heterocycles. The Morgan fingerprint density at radius 2 is 2.24 bits per heavy atom. The molecule has 1 N–H and O–H groups in total. The summed E-state index contributed by atoms with van der Waals surface area (Å²) in [5, 5.41) is 3.40. The molecule has 1 aliphatic rings. The fraction of sp³-hybridized carbons (Fsp3) is 0.615. The third kappa shape index (κ3) is 3.89. The Morgan fingerprint density at radius 1 is 1.35 bits per heavy atom. The van der Waals surface area contributed by atoms with E-state index in [1.807, 2.05) is 18.3 Å². The van der Waals surface area contributed by atoms with Crippen molar-refractivity contribution in [2.75, 3.05) is 32.2 Å². The molecule has 0 aromatic carbocycles. The van der Waals surface area contributed by atoms with Gasteiger partial charge in [-0.1, -0.05) is 6.42 Å². The standard InChI is InChI=1S/C13H20N2O2/c1-16-7-8-17-13-6-5-12(10-15-13)14-9-11-3-2-4-11/h5-6,10-11,14H,2-4,7-9H2,1H3. The topological polar surface area (TPSA) is 43.4 Å². The van der Waals surface area contributed by atoms with Crippen molar-refractivity contribution < 1.29 is 9.47 Å². The number of aromatic nitrogens is 1. The summed E-state index contributed by atoms with van der Waals surface area (Å²) in [6.07, 6.45) is 5.93. The van der Waals surface area contributed by atoms with Crippen LogP contribution in [0.3, 0.4) is 0 Å². The Kier molecular flexibility index (Phi) is 4.62.